The van der Waals surface area contributed by atoms with Crippen LogP contribution in [0.25, 0.3) is 0 Å². The summed E-state index contributed by atoms with van der Waals surface area (Å²) in [7, 11) is 0. The topological polar surface area (TPSA) is 78.9 Å². The molecule has 0 rings (SSSR count). The molecule has 0 radical (unpaired) electrons. The average Bonchev–Trinajstić information content (AvgIpc) is 3.28. The molecule has 0 spiro atoms. The van der Waals surface area contributed by atoms with Gasteiger partial charge in [0.2, 0.25) is 0 Å². The first-order chi connectivity index (χ1) is 31.0. The van der Waals surface area contributed by atoms with Gasteiger partial charge in [-0.15, -0.1) is 0 Å². The van der Waals surface area contributed by atoms with Crippen molar-refractivity contribution < 1.29 is 28.6 Å². The van der Waals surface area contributed by atoms with Crippen LogP contribution in [-0.4, -0.2) is 37.2 Å². The van der Waals surface area contributed by atoms with Gasteiger partial charge in [-0.1, -0.05) is 242 Å². The largest absolute Gasteiger partial charge is 0.462 e. The van der Waals surface area contributed by atoms with Crippen molar-refractivity contribution in [2.24, 2.45) is 0 Å². The summed E-state index contributed by atoms with van der Waals surface area (Å²) in [5.41, 5.74) is 0. The van der Waals surface area contributed by atoms with Gasteiger partial charge in [-0.2, -0.15) is 0 Å². The quantitative estimate of drug-likeness (QED) is 0.0262. The minimum atomic E-state index is -0.789. The molecule has 0 saturated carbocycles. The maximum atomic E-state index is 12.8. The second-order valence-corrected chi connectivity index (χ2v) is 17.9. The van der Waals surface area contributed by atoms with Gasteiger partial charge in [-0.3, -0.25) is 14.4 Å². The van der Waals surface area contributed by atoms with Gasteiger partial charge in [0.05, 0.1) is 0 Å². The Morgan fingerprint density at radius 3 is 0.984 bits per heavy atom. The zero-order valence-electron chi connectivity index (χ0n) is 41.6. The first-order valence-electron chi connectivity index (χ1n) is 26.8. The molecule has 0 N–H and O–H groups in total. The van der Waals surface area contributed by atoms with Crippen LogP contribution in [0.15, 0.2) is 60.8 Å². The number of rotatable bonds is 48. The first kappa shape index (κ1) is 60.1. The van der Waals surface area contributed by atoms with Crippen LogP contribution in [0.1, 0.15) is 265 Å². The molecule has 0 aromatic carbocycles. The lowest BCUT2D eigenvalue weighted by Crippen LogP contribution is -2.30. The third-order valence-electron chi connectivity index (χ3n) is 11.6. The number of allylic oxidation sites excluding steroid dienone is 10. The van der Waals surface area contributed by atoms with E-state index in [4.69, 9.17) is 14.2 Å². The Morgan fingerprint density at radius 2 is 0.619 bits per heavy atom. The monoisotopic (exact) mass is 881 g/mol. The molecule has 6 nitrogen and oxygen atoms in total. The highest BCUT2D eigenvalue weighted by Gasteiger charge is 2.19. The second-order valence-electron chi connectivity index (χ2n) is 17.9. The summed E-state index contributed by atoms with van der Waals surface area (Å²) >= 11 is 0. The molecule has 0 aliphatic rings. The average molecular weight is 881 g/mol. The molecule has 364 valence electrons. The Kier molecular flexibility index (Phi) is 49.4. The van der Waals surface area contributed by atoms with Crippen LogP contribution in [0.3, 0.4) is 0 Å². The van der Waals surface area contributed by atoms with Crippen molar-refractivity contribution in [3.05, 3.63) is 60.8 Å². The van der Waals surface area contributed by atoms with E-state index < -0.39 is 6.10 Å². The van der Waals surface area contributed by atoms with Crippen molar-refractivity contribution >= 4 is 17.9 Å². The lowest BCUT2D eigenvalue weighted by atomic mass is 10.0. The smallest absolute Gasteiger partial charge is 0.306 e. The maximum Gasteiger partial charge on any atom is 0.306 e. The summed E-state index contributed by atoms with van der Waals surface area (Å²) in [6.45, 7) is 6.49. The molecule has 6 heteroatoms. The minimum Gasteiger partial charge on any atom is -0.462 e. The van der Waals surface area contributed by atoms with E-state index in [1.807, 2.05) is 0 Å². The predicted octanol–water partition coefficient (Wildman–Crippen LogP) is 17.6. The van der Waals surface area contributed by atoms with Gasteiger partial charge in [0.15, 0.2) is 6.10 Å². The summed E-state index contributed by atoms with van der Waals surface area (Å²) in [6, 6.07) is 0. The molecule has 0 amide bonds. The van der Waals surface area contributed by atoms with E-state index in [-0.39, 0.29) is 31.1 Å². The van der Waals surface area contributed by atoms with E-state index in [0.717, 1.165) is 83.5 Å². The van der Waals surface area contributed by atoms with Gasteiger partial charge >= 0.3 is 17.9 Å². The number of hydrogen-bond acceptors (Lipinski definition) is 6. The molecule has 0 saturated heterocycles. The number of hydrogen-bond donors (Lipinski definition) is 0. The van der Waals surface area contributed by atoms with Gasteiger partial charge in [-0.05, 0) is 64.2 Å². The van der Waals surface area contributed by atoms with Crippen molar-refractivity contribution in [3.63, 3.8) is 0 Å². The van der Waals surface area contributed by atoms with Crippen molar-refractivity contribution in [2.75, 3.05) is 13.2 Å². The number of esters is 3. The molecule has 0 heterocycles. The number of unbranched alkanes of at least 4 members (excludes halogenated alkanes) is 30. The molecular formula is C57H100O6. The normalized spacial score (nSPS) is 12.5. The summed E-state index contributed by atoms with van der Waals surface area (Å²) in [5.74, 6) is -0.918. The van der Waals surface area contributed by atoms with Gasteiger partial charge < -0.3 is 14.2 Å². The third-order valence-corrected chi connectivity index (χ3v) is 11.6. The van der Waals surface area contributed by atoms with E-state index in [2.05, 4.69) is 81.5 Å². The molecule has 0 fully saturated rings. The zero-order valence-corrected chi connectivity index (χ0v) is 41.6. The van der Waals surface area contributed by atoms with E-state index in [1.165, 1.54) is 141 Å². The minimum absolute atomic E-state index is 0.0856. The second kappa shape index (κ2) is 51.7. The van der Waals surface area contributed by atoms with Gasteiger partial charge in [0.1, 0.15) is 13.2 Å². The Bertz CT molecular complexity index is 1150. The highest BCUT2D eigenvalue weighted by molar-refractivity contribution is 5.71. The number of carbonyl (C=O) groups excluding carboxylic acids is 3. The van der Waals surface area contributed by atoms with Crippen molar-refractivity contribution in [1.82, 2.24) is 0 Å². The predicted molar refractivity (Wildman–Crippen MR) is 270 cm³/mol. The van der Waals surface area contributed by atoms with Crippen LogP contribution in [-0.2, 0) is 28.6 Å². The van der Waals surface area contributed by atoms with E-state index in [1.54, 1.807) is 0 Å². The Balaban J connectivity index is 4.42. The Labute approximate surface area is 390 Å². The van der Waals surface area contributed by atoms with Gasteiger partial charge in [0, 0.05) is 19.3 Å². The Morgan fingerprint density at radius 1 is 0.333 bits per heavy atom. The van der Waals surface area contributed by atoms with Crippen LogP contribution >= 0.6 is 0 Å². The fraction of sp³-hybridized carbons (Fsp3) is 0.772. The first-order valence-corrected chi connectivity index (χ1v) is 26.8. The fourth-order valence-electron chi connectivity index (χ4n) is 7.55. The van der Waals surface area contributed by atoms with Crippen LogP contribution in [0, 0.1) is 0 Å². The highest BCUT2D eigenvalue weighted by atomic mass is 16.6. The van der Waals surface area contributed by atoms with Crippen LogP contribution in [0.2, 0.25) is 0 Å². The Hall–Kier alpha value is -2.89. The zero-order chi connectivity index (χ0) is 45.8. The number of carbonyl (C=O) groups is 3. The van der Waals surface area contributed by atoms with Gasteiger partial charge in [0.25, 0.3) is 0 Å². The fourth-order valence-corrected chi connectivity index (χ4v) is 7.55. The maximum absolute atomic E-state index is 12.8. The van der Waals surface area contributed by atoms with Crippen molar-refractivity contribution in [2.45, 2.75) is 271 Å². The molecule has 63 heavy (non-hydrogen) atoms. The van der Waals surface area contributed by atoms with Crippen LogP contribution in [0.4, 0.5) is 0 Å². The molecular weight excluding hydrogens is 781 g/mol. The summed E-state index contributed by atoms with van der Waals surface area (Å²) in [4.78, 5) is 38.0. The third kappa shape index (κ3) is 50.0. The molecule has 0 aliphatic carbocycles. The van der Waals surface area contributed by atoms with Crippen LogP contribution in [0.5, 0.6) is 0 Å². The molecule has 0 bridgehead atoms. The molecule has 0 aromatic heterocycles. The lowest BCUT2D eigenvalue weighted by molar-refractivity contribution is -0.167. The van der Waals surface area contributed by atoms with E-state index in [0.29, 0.717) is 19.3 Å². The summed E-state index contributed by atoms with van der Waals surface area (Å²) in [5, 5.41) is 0. The molecule has 0 aromatic rings. The number of ether oxygens (including phenoxy) is 3. The van der Waals surface area contributed by atoms with Crippen molar-refractivity contribution in [1.29, 1.82) is 0 Å². The molecule has 1 atom stereocenters. The van der Waals surface area contributed by atoms with Crippen LogP contribution < -0.4 is 0 Å². The van der Waals surface area contributed by atoms with Gasteiger partial charge in [-0.25, -0.2) is 0 Å². The lowest BCUT2D eigenvalue weighted by Gasteiger charge is -2.18. The molecule has 1 unspecified atom stereocenters. The SMILES string of the molecule is CC\C=C/C=C\C=C/CCCCCCCCCC(=O)OC(COC(=O)CCCCC/C=C\C=C/CCCCCCCCC)COC(=O)CCCCCCCCCCCCCCCC. The van der Waals surface area contributed by atoms with E-state index >= 15 is 0 Å². The van der Waals surface area contributed by atoms with Crippen molar-refractivity contribution in [3.8, 4) is 0 Å². The summed E-state index contributed by atoms with van der Waals surface area (Å²) in [6.07, 6.45) is 63.4. The highest BCUT2D eigenvalue weighted by Crippen LogP contribution is 2.15. The standard InChI is InChI=1S/C57H100O6/c1-4-7-10-13-16-19-22-25-28-30-32-35-38-41-44-47-50-56(59)62-53-54(52-61-55(58)49-46-43-40-37-34-31-27-24-21-18-15-12-9-6-3)63-57(60)51-48-45-42-39-36-33-29-26-23-20-17-14-11-8-5-2/h8,11,14,17,20,23,28,30,32,35,54H,4-7,9-10,12-13,15-16,18-19,21-22,24-27,29,31,33-34,36-53H2,1-3H3/b11-8-,17-14-,23-20-,30-28-,35-32-. The molecule has 0 aliphatic heterocycles. The summed E-state index contributed by atoms with van der Waals surface area (Å²) < 4.78 is 16.8. The van der Waals surface area contributed by atoms with E-state index in [9.17, 15) is 14.4 Å².